The topological polar surface area (TPSA) is 56.3 Å². The highest BCUT2D eigenvalue weighted by Gasteiger charge is 2.30. The van der Waals surface area contributed by atoms with Crippen LogP contribution in [0.2, 0.25) is 0 Å². The fraction of sp³-hybridized carbons (Fsp3) is 0.0667. The Labute approximate surface area is 214 Å². The molecule has 0 aromatic heterocycles. The molecule has 0 saturated carbocycles. The van der Waals surface area contributed by atoms with Crippen molar-refractivity contribution in [2.75, 3.05) is 0 Å². The second-order valence-electron chi connectivity index (χ2n) is 8.69. The Morgan fingerprint density at radius 2 is 1.05 bits per heavy atom. The van der Waals surface area contributed by atoms with Crippen LogP contribution in [-0.4, -0.2) is 0 Å². The number of nitrogens with zero attached hydrogens (tertiary/aromatic N) is 4. The van der Waals surface area contributed by atoms with E-state index in [1.807, 2.05) is 12.1 Å². The predicted octanol–water partition coefficient (Wildman–Crippen LogP) is 5.64. The van der Waals surface area contributed by atoms with Crippen LogP contribution in [-0.2, 0) is 12.8 Å². The zero-order valence-electron chi connectivity index (χ0n) is 19.3. The van der Waals surface area contributed by atoms with Crippen molar-refractivity contribution < 1.29 is 17.6 Å². The number of nitriles is 2. The van der Waals surface area contributed by atoms with E-state index < -0.39 is 23.3 Å². The number of hydrogen-bond acceptors (Lipinski definition) is 2. The number of hydrogen-bond donors (Lipinski definition) is 0. The summed E-state index contributed by atoms with van der Waals surface area (Å²) in [7, 11) is 0. The van der Waals surface area contributed by atoms with Gasteiger partial charge in [0.1, 0.15) is 54.1 Å². The summed E-state index contributed by atoms with van der Waals surface area (Å²) in [4.78, 5) is 6.57. The molecule has 0 bridgehead atoms. The highest BCUT2D eigenvalue weighted by atomic mass is 19.1. The lowest BCUT2D eigenvalue weighted by molar-refractivity contribution is 0.583. The van der Waals surface area contributed by atoms with E-state index in [4.69, 9.17) is 13.1 Å². The number of halogens is 4. The fourth-order valence-corrected chi connectivity index (χ4v) is 5.11. The molecule has 0 heterocycles. The van der Waals surface area contributed by atoms with E-state index in [9.17, 15) is 28.1 Å². The van der Waals surface area contributed by atoms with Gasteiger partial charge in [-0.25, -0.2) is 17.6 Å². The first-order valence-corrected chi connectivity index (χ1v) is 11.1. The summed E-state index contributed by atoms with van der Waals surface area (Å²) in [6.45, 7) is 14.8. The first-order valence-electron chi connectivity index (χ1n) is 11.1. The Balaban J connectivity index is 2.02. The van der Waals surface area contributed by atoms with Gasteiger partial charge in [-0.3, -0.25) is 0 Å². The highest BCUT2D eigenvalue weighted by molar-refractivity contribution is 5.87. The molecule has 180 valence electrons. The molecule has 0 N–H and O–H groups in total. The lowest BCUT2D eigenvalue weighted by Crippen LogP contribution is -2.23. The van der Waals surface area contributed by atoms with Crippen molar-refractivity contribution >= 4 is 12.2 Å². The molecule has 0 unspecified atom stereocenters. The Bertz CT molecular complexity index is 1740. The largest absolute Gasteiger partial charge is 0.522 e. The van der Waals surface area contributed by atoms with Gasteiger partial charge in [-0.15, -0.1) is 0 Å². The summed E-state index contributed by atoms with van der Waals surface area (Å²) in [6.07, 6.45) is 3.25. The molecule has 0 radical (unpaired) electrons. The Morgan fingerprint density at radius 1 is 0.658 bits per heavy atom. The summed E-state index contributed by atoms with van der Waals surface area (Å²) in [6, 6.07) is 9.68. The third-order valence-electron chi connectivity index (χ3n) is 6.51. The van der Waals surface area contributed by atoms with Gasteiger partial charge in [-0.05, 0) is 86.2 Å². The second kappa shape index (κ2) is 9.21. The molecule has 0 fully saturated rings. The van der Waals surface area contributed by atoms with Gasteiger partial charge < -0.3 is 0 Å². The van der Waals surface area contributed by atoms with E-state index in [-0.39, 0.29) is 35.4 Å². The van der Waals surface area contributed by atoms with E-state index in [0.717, 1.165) is 36.4 Å². The average Bonchev–Trinajstić information content (AvgIpc) is 3.47. The minimum Gasteiger partial charge on any atom is -0.207 e. The molecule has 0 aliphatic heterocycles. The van der Waals surface area contributed by atoms with E-state index in [2.05, 4.69) is 9.69 Å². The molecule has 0 atom stereocenters. The molecular formula is C30H12F4N4. The van der Waals surface area contributed by atoms with Crippen molar-refractivity contribution in [2.45, 2.75) is 12.8 Å². The van der Waals surface area contributed by atoms with Crippen LogP contribution < -0.4 is 10.4 Å². The van der Waals surface area contributed by atoms with Crippen molar-refractivity contribution in [1.29, 1.82) is 10.5 Å². The smallest absolute Gasteiger partial charge is 0.207 e. The van der Waals surface area contributed by atoms with Crippen molar-refractivity contribution in [1.82, 2.24) is 0 Å². The van der Waals surface area contributed by atoms with Gasteiger partial charge in [0.15, 0.2) is 0 Å². The minimum absolute atomic E-state index is 0.0444. The third-order valence-corrected chi connectivity index (χ3v) is 6.51. The summed E-state index contributed by atoms with van der Waals surface area (Å²) in [5.74, 6) is -3.52. The zero-order valence-corrected chi connectivity index (χ0v) is 19.3. The monoisotopic (exact) mass is 504 g/mol. The average molecular weight is 504 g/mol. The van der Waals surface area contributed by atoms with Crippen LogP contribution in [0.5, 0.6) is 0 Å². The van der Waals surface area contributed by atoms with Crippen LogP contribution in [0.4, 0.5) is 17.6 Å². The van der Waals surface area contributed by atoms with Crippen molar-refractivity contribution in [3.63, 3.8) is 0 Å². The zero-order chi connectivity index (χ0) is 27.1. The molecule has 8 heteroatoms. The standard InChI is InChI=1S/C30H12F4N4/c1-37-30(38-2)18-9-26-27(10-18)29(17-5-22(33)12-23(34)6-17)25-8-15(19(13-35)14-36)7-24(25)28(26)16-3-20(31)11-21(32)4-16/h3-7,10-12H,8-9H2. The van der Waals surface area contributed by atoms with Crippen molar-refractivity contribution in [2.24, 2.45) is 0 Å². The molecule has 0 saturated heterocycles. The lowest BCUT2D eigenvalue weighted by atomic mass is 9.87. The first-order chi connectivity index (χ1) is 18.3. The van der Waals surface area contributed by atoms with E-state index in [1.165, 1.54) is 0 Å². The summed E-state index contributed by atoms with van der Waals surface area (Å²) >= 11 is 0. The van der Waals surface area contributed by atoms with Crippen LogP contribution >= 0.6 is 0 Å². The molecule has 0 spiro atoms. The third kappa shape index (κ3) is 3.92. The highest BCUT2D eigenvalue weighted by Crippen LogP contribution is 2.35. The minimum atomic E-state index is -0.831. The van der Waals surface area contributed by atoms with E-state index in [1.54, 1.807) is 12.2 Å². The maximum Gasteiger partial charge on any atom is 0.522 e. The van der Waals surface area contributed by atoms with Gasteiger partial charge in [0, 0.05) is 18.6 Å². The summed E-state index contributed by atoms with van der Waals surface area (Å²) in [5, 5.41) is 19.8. The molecule has 4 nitrogen and oxygen atoms in total. The molecule has 0 amide bonds. The van der Waals surface area contributed by atoms with Crippen LogP contribution in [0, 0.1) is 59.1 Å². The lowest BCUT2D eigenvalue weighted by Gasteiger charge is -2.16. The Kier molecular flexibility index (Phi) is 5.88. The van der Waals surface area contributed by atoms with Gasteiger partial charge in [0.05, 0.1) is 5.57 Å². The first kappa shape index (κ1) is 24.3. The molecule has 2 aliphatic carbocycles. The molecule has 38 heavy (non-hydrogen) atoms. The summed E-state index contributed by atoms with van der Waals surface area (Å²) < 4.78 is 57.4. The van der Waals surface area contributed by atoms with Gasteiger partial charge in [0.25, 0.3) is 0 Å². The Morgan fingerprint density at radius 3 is 1.45 bits per heavy atom. The van der Waals surface area contributed by atoms with Gasteiger partial charge in [0.2, 0.25) is 0 Å². The quantitative estimate of drug-likeness (QED) is 0.258. The molecule has 5 rings (SSSR count). The molecule has 3 aromatic carbocycles. The number of fused-ring (bicyclic) bond motifs is 2. The van der Waals surface area contributed by atoms with Gasteiger partial charge in [-0.1, -0.05) is 6.08 Å². The fourth-order valence-electron chi connectivity index (χ4n) is 5.11. The maximum atomic E-state index is 14.4. The number of allylic oxidation sites excluding steroid dienone is 3. The SMILES string of the molecule is [C-]#[N+]C([N+]#[C-])=C1C=c2c(c(-c3cc(F)cc(F)c3)c3c(c2-c2cc(F)cc(F)c2)CC(=C(C#N)C#N)C=3)C1. The van der Waals surface area contributed by atoms with Crippen molar-refractivity contribution in [3.05, 3.63) is 127 Å². The second-order valence-corrected chi connectivity index (χ2v) is 8.69. The van der Waals surface area contributed by atoms with Crippen molar-refractivity contribution in [3.8, 4) is 34.4 Å². The van der Waals surface area contributed by atoms with E-state index >= 15 is 0 Å². The summed E-state index contributed by atoms with van der Waals surface area (Å²) in [5.41, 5.74) is 2.65. The molecule has 3 aromatic rings. The van der Waals surface area contributed by atoms with E-state index in [0.29, 0.717) is 43.8 Å². The van der Waals surface area contributed by atoms with Crippen LogP contribution in [0.1, 0.15) is 11.1 Å². The number of rotatable bonds is 2. The molecular weight excluding hydrogens is 492 g/mol. The number of benzene rings is 3. The Hall–Kier alpha value is -5.44. The van der Waals surface area contributed by atoms with Crippen LogP contribution in [0.15, 0.2) is 58.9 Å². The van der Waals surface area contributed by atoms with Crippen LogP contribution in [0.25, 0.3) is 44.1 Å². The maximum absolute atomic E-state index is 14.4. The van der Waals surface area contributed by atoms with Gasteiger partial charge >= 0.3 is 5.82 Å². The predicted molar refractivity (Wildman–Crippen MR) is 131 cm³/mol. The normalized spacial score (nSPS) is 12.7. The van der Waals surface area contributed by atoms with Gasteiger partial charge in [-0.2, -0.15) is 20.2 Å². The van der Waals surface area contributed by atoms with Crippen LogP contribution in [0.3, 0.4) is 0 Å². The molecule has 2 aliphatic rings.